The normalized spacial score (nSPS) is 23.1. The summed E-state index contributed by atoms with van der Waals surface area (Å²) in [4.78, 5) is 23.4. The predicted molar refractivity (Wildman–Crippen MR) is 174 cm³/mol. The van der Waals surface area contributed by atoms with Gasteiger partial charge in [0.05, 0.1) is 28.3 Å². The van der Waals surface area contributed by atoms with Crippen LogP contribution < -0.4 is 10.3 Å². The van der Waals surface area contributed by atoms with Gasteiger partial charge in [-0.05, 0) is 56.2 Å². The summed E-state index contributed by atoms with van der Waals surface area (Å²) in [5.41, 5.74) is 2.35. The van der Waals surface area contributed by atoms with E-state index in [1.165, 1.54) is 6.07 Å². The Hall–Kier alpha value is -4.87. The van der Waals surface area contributed by atoms with Crippen LogP contribution in [0, 0.1) is 17.1 Å². The topological polar surface area (TPSA) is 132 Å². The van der Waals surface area contributed by atoms with Crippen LogP contribution >= 0.6 is 0 Å². The van der Waals surface area contributed by atoms with Gasteiger partial charge in [0.15, 0.2) is 11.9 Å². The number of benzene rings is 2. The number of nitriles is 1. The van der Waals surface area contributed by atoms with Crippen LogP contribution in [-0.2, 0) is 18.8 Å². The van der Waals surface area contributed by atoms with E-state index in [0.29, 0.717) is 69.1 Å². The summed E-state index contributed by atoms with van der Waals surface area (Å²) in [6.45, 7) is 2.09. The fraction of sp³-hybridized carbons (Fsp3) is 0.441. The highest BCUT2D eigenvalue weighted by Gasteiger charge is 2.49. The summed E-state index contributed by atoms with van der Waals surface area (Å²) in [6.07, 6.45) is 5.57. The third-order valence-electron chi connectivity index (χ3n) is 10.6. The molecule has 0 amide bonds. The molecule has 9 rings (SSSR count). The molecule has 3 atom stereocenters. The molecule has 3 aliphatic rings. The van der Waals surface area contributed by atoms with Gasteiger partial charge in [0.1, 0.15) is 41.3 Å². The maximum Gasteiger partial charge on any atom is 0.298 e. The summed E-state index contributed by atoms with van der Waals surface area (Å²) < 4.78 is 47.1. The highest BCUT2D eigenvalue weighted by atomic mass is 19.1. The fourth-order valence-corrected chi connectivity index (χ4v) is 8.48. The van der Waals surface area contributed by atoms with Gasteiger partial charge in [-0.1, -0.05) is 6.07 Å². The van der Waals surface area contributed by atoms with Gasteiger partial charge in [-0.2, -0.15) is 20.4 Å². The SMILES string of the molecule is Cn1nc(-c2c3cnn(C4CCCCO4)c3cc3ccc(F)c(C#N)c23)c2c1c1c(=O)[nH]c(OC[C@@]34CCCN3C[C@H](F)C4)nc1n2C. The van der Waals surface area contributed by atoms with Crippen molar-refractivity contribution < 1.29 is 18.3 Å². The summed E-state index contributed by atoms with van der Waals surface area (Å²) in [7, 11) is 3.53. The zero-order valence-electron chi connectivity index (χ0n) is 26.6. The van der Waals surface area contributed by atoms with Crippen molar-refractivity contribution in [1.82, 2.24) is 39.0 Å². The second-order valence-electron chi connectivity index (χ2n) is 13.4. The molecule has 14 heteroatoms. The Morgan fingerprint density at radius 3 is 2.90 bits per heavy atom. The minimum atomic E-state index is -0.898. The highest BCUT2D eigenvalue weighted by Crippen LogP contribution is 2.44. The molecule has 3 aliphatic heterocycles. The fourth-order valence-electron chi connectivity index (χ4n) is 8.48. The van der Waals surface area contributed by atoms with Crippen molar-refractivity contribution in [3.63, 3.8) is 0 Å². The lowest BCUT2D eigenvalue weighted by Gasteiger charge is -2.30. The van der Waals surface area contributed by atoms with Gasteiger partial charge >= 0.3 is 0 Å². The number of alkyl halides is 1. The Morgan fingerprint density at radius 2 is 2.08 bits per heavy atom. The molecule has 0 radical (unpaired) electrons. The molecule has 0 saturated carbocycles. The Labute approximate surface area is 272 Å². The molecule has 2 aromatic carbocycles. The van der Waals surface area contributed by atoms with E-state index in [1.807, 2.05) is 10.7 Å². The van der Waals surface area contributed by atoms with Crippen molar-refractivity contribution in [2.45, 2.75) is 56.5 Å². The van der Waals surface area contributed by atoms with Crippen molar-refractivity contribution >= 4 is 43.7 Å². The number of rotatable bonds is 5. The average Bonchev–Trinajstić information content (AvgIpc) is 3.87. The highest BCUT2D eigenvalue weighted by molar-refractivity contribution is 6.19. The number of nitrogens with one attached hydrogen (secondary N) is 1. The Bertz CT molecular complexity index is 2400. The van der Waals surface area contributed by atoms with E-state index in [4.69, 9.17) is 24.7 Å². The van der Waals surface area contributed by atoms with Crippen molar-refractivity contribution in [2.75, 3.05) is 26.3 Å². The van der Waals surface area contributed by atoms with Gasteiger partial charge in [-0.25, -0.2) is 13.5 Å². The average molecular weight is 654 g/mol. The van der Waals surface area contributed by atoms with Crippen LogP contribution in [0.4, 0.5) is 8.78 Å². The van der Waals surface area contributed by atoms with E-state index in [1.54, 1.807) is 35.6 Å². The van der Waals surface area contributed by atoms with Crippen LogP contribution in [0.5, 0.6) is 6.01 Å². The van der Waals surface area contributed by atoms with Crippen LogP contribution in [0.3, 0.4) is 0 Å². The van der Waals surface area contributed by atoms with Gasteiger partial charge in [-0.3, -0.25) is 19.4 Å². The predicted octanol–water partition coefficient (Wildman–Crippen LogP) is 4.98. The van der Waals surface area contributed by atoms with Gasteiger partial charge in [0.2, 0.25) is 0 Å². The Morgan fingerprint density at radius 1 is 1.21 bits per heavy atom. The van der Waals surface area contributed by atoms with Crippen LogP contribution in [0.25, 0.3) is 55.0 Å². The molecule has 1 unspecified atom stereocenters. The zero-order valence-corrected chi connectivity index (χ0v) is 26.6. The summed E-state index contributed by atoms with van der Waals surface area (Å²) in [6, 6.07) is 7.01. The number of H-pyrrole nitrogens is 1. The van der Waals surface area contributed by atoms with E-state index in [2.05, 4.69) is 16.0 Å². The molecule has 0 bridgehead atoms. The van der Waals surface area contributed by atoms with Gasteiger partial charge < -0.3 is 14.0 Å². The summed E-state index contributed by atoms with van der Waals surface area (Å²) in [5.74, 6) is -0.639. The third-order valence-corrected chi connectivity index (χ3v) is 10.6. The Balaban J connectivity index is 1.25. The maximum atomic E-state index is 15.3. The van der Waals surface area contributed by atoms with Crippen LogP contribution in [-0.4, -0.2) is 77.0 Å². The molecule has 48 heavy (non-hydrogen) atoms. The monoisotopic (exact) mass is 653 g/mol. The second-order valence-corrected chi connectivity index (χ2v) is 13.4. The van der Waals surface area contributed by atoms with Crippen molar-refractivity contribution in [3.8, 4) is 23.3 Å². The smallest absolute Gasteiger partial charge is 0.298 e. The molecule has 7 heterocycles. The molecule has 0 spiro atoms. The number of hydrogen-bond donors (Lipinski definition) is 1. The molecule has 3 fully saturated rings. The van der Waals surface area contributed by atoms with Crippen molar-refractivity contribution in [1.29, 1.82) is 5.26 Å². The first-order valence-electron chi connectivity index (χ1n) is 16.4. The van der Waals surface area contributed by atoms with E-state index < -0.39 is 23.1 Å². The van der Waals surface area contributed by atoms with Crippen LogP contribution in [0.1, 0.15) is 50.3 Å². The summed E-state index contributed by atoms with van der Waals surface area (Å²) in [5, 5.41) is 21.9. The number of aromatic amines is 1. The number of nitrogens with zero attached hydrogens (tertiary/aromatic N) is 8. The number of hydrogen-bond acceptors (Lipinski definition) is 8. The number of fused-ring (bicyclic) bond motifs is 6. The molecular weight excluding hydrogens is 620 g/mol. The van der Waals surface area contributed by atoms with Gasteiger partial charge in [-0.15, -0.1) is 0 Å². The number of aryl methyl sites for hydroxylation is 2. The molecule has 6 aromatic rings. The first-order valence-corrected chi connectivity index (χ1v) is 16.4. The molecular formula is C34H33F2N9O3. The van der Waals surface area contributed by atoms with E-state index in [9.17, 15) is 14.4 Å². The molecule has 3 saturated heterocycles. The lowest BCUT2D eigenvalue weighted by molar-refractivity contribution is -0.0366. The van der Waals surface area contributed by atoms with Crippen LogP contribution in [0.2, 0.25) is 0 Å². The van der Waals surface area contributed by atoms with Crippen LogP contribution in [0.15, 0.2) is 29.2 Å². The number of halogens is 2. The zero-order chi connectivity index (χ0) is 32.9. The minimum Gasteiger partial charge on any atom is -0.463 e. The molecule has 0 aliphatic carbocycles. The molecule has 246 valence electrons. The lowest BCUT2D eigenvalue weighted by atomic mass is 9.94. The van der Waals surface area contributed by atoms with E-state index >= 15 is 4.39 Å². The first kappa shape index (κ1) is 29.3. The second kappa shape index (κ2) is 10.6. The molecule has 4 aromatic heterocycles. The quantitative estimate of drug-likeness (QED) is 0.276. The van der Waals surface area contributed by atoms with Crippen molar-refractivity contribution in [3.05, 3.63) is 46.1 Å². The van der Waals surface area contributed by atoms with E-state index in [-0.39, 0.29) is 24.4 Å². The molecule has 1 N–H and O–H groups in total. The van der Waals surface area contributed by atoms with Gasteiger partial charge in [0, 0.05) is 50.0 Å². The van der Waals surface area contributed by atoms with Gasteiger partial charge in [0.25, 0.3) is 11.6 Å². The lowest BCUT2D eigenvalue weighted by Crippen LogP contribution is -2.43. The largest absolute Gasteiger partial charge is 0.463 e. The minimum absolute atomic E-state index is 0.0617. The molecule has 12 nitrogen and oxygen atoms in total. The number of aromatic nitrogens is 7. The standard InChI is InChI=1S/C34H33F2N9O3/c1-42-30-28(26-21-15-38-45(24-6-3-4-11-47-24)23(21)12-18-7-8-22(36)20(14-37)25(18)26)41-43(2)29(30)27-31(42)39-33(40-32(27)46)48-17-34-9-5-10-44(34)16-19(35)13-34/h7-8,12,15,19,24H,3-6,9-11,13,16-17H2,1-2H3,(H,39,40,46)/t19-,24?,34+/m1/s1. The number of ether oxygens (including phenoxy) is 2. The maximum absolute atomic E-state index is 15.3. The summed E-state index contributed by atoms with van der Waals surface area (Å²) >= 11 is 0. The van der Waals surface area contributed by atoms with Crippen molar-refractivity contribution in [2.24, 2.45) is 14.1 Å². The Kier molecular flexibility index (Phi) is 6.45. The third kappa shape index (κ3) is 4.10. The first-order chi connectivity index (χ1) is 23.3. The van der Waals surface area contributed by atoms with E-state index in [0.717, 1.165) is 44.2 Å².